The summed E-state index contributed by atoms with van der Waals surface area (Å²) in [7, 11) is 1.86. The lowest BCUT2D eigenvalue weighted by Gasteiger charge is -2.31. The van der Waals surface area contributed by atoms with Crippen molar-refractivity contribution in [1.29, 1.82) is 5.41 Å². The smallest absolute Gasteiger partial charge is 0.245 e. The zero-order chi connectivity index (χ0) is 36.7. The van der Waals surface area contributed by atoms with E-state index < -0.39 is 29.6 Å². The fourth-order valence-corrected chi connectivity index (χ4v) is 6.38. The number of carbonyl (C=O) groups excluding carboxylic acids is 3. The number of amides is 3. The molecule has 1 fully saturated rings. The number of rotatable bonds is 19. The van der Waals surface area contributed by atoms with Gasteiger partial charge in [0.15, 0.2) is 0 Å². The summed E-state index contributed by atoms with van der Waals surface area (Å²) in [6.45, 7) is 12.1. The molecule has 1 saturated heterocycles. The van der Waals surface area contributed by atoms with Gasteiger partial charge in [-0.05, 0) is 82.0 Å². The van der Waals surface area contributed by atoms with E-state index in [0.29, 0.717) is 63.9 Å². The van der Waals surface area contributed by atoms with E-state index in [1.54, 1.807) is 0 Å². The van der Waals surface area contributed by atoms with Crippen LogP contribution in [0.4, 0.5) is 0 Å². The molecular weight excluding hydrogens is 628 g/mol. The van der Waals surface area contributed by atoms with Crippen molar-refractivity contribution < 1.29 is 14.4 Å². The lowest BCUT2D eigenvalue weighted by molar-refractivity contribution is -0.137. The van der Waals surface area contributed by atoms with Gasteiger partial charge in [-0.1, -0.05) is 88.0 Å². The van der Waals surface area contributed by atoms with E-state index in [2.05, 4.69) is 27.8 Å². The highest BCUT2D eigenvalue weighted by Crippen LogP contribution is 2.31. The van der Waals surface area contributed by atoms with Gasteiger partial charge in [-0.15, -0.1) is 0 Å². The van der Waals surface area contributed by atoms with E-state index in [1.165, 1.54) is 0 Å². The monoisotopic (exact) mass is 688 g/mol. The molecule has 2 aromatic carbocycles. The number of amidine groups is 1. The molecule has 9 N–H and O–H groups in total. The van der Waals surface area contributed by atoms with Gasteiger partial charge in [-0.2, -0.15) is 0 Å². The number of nitrogens with zero attached hydrogens (tertiary/aromatic N) is 1. The molecule has 11 nitrogen and oxygen atoms in total. The Kier molecular flexibility index (Phi) is 16.0. The second-order valence-electron chi connectivity index (χ2n) is 14.4. The minimum Gasteiger partial charge on any atom is -0.387 e. The van der Waals surface area contributed by atoms with Crippen molar-refractivity contribution in [2.45, 2.75) is 96.3 Å². The van der Waals surface area contributed by atoms with Gasteiger partial charge < -0.3 is 37.6 Å². The Morgan fingerprint density at radius 2 is 1.48 bits per heavy atom. The Bertz CT molecular complexity index is 1400. The number of nitrogens with two attached hydrogens (primary N) is 2. The van der Waals surface area contributed by atoms with Crippen LogP contribution in [0, 0.1) is 16.7 Å². The molecule has 0 aliphatic carbocycles. The number of carbonyl (C=O) groups is 3. The Morgan fingerprint density at radius 1 is 0.880 bits per heavy atom. The number of hydrogen-bond acceptors (Lipinski definition) is 7. The van der Waals surface area contributed by atoms with Gasteiger partial charge in [0.05, 0.1) is 17.9 Å². The second kappa shape index (κ2) is 19.8. The third kappa shape index (κ3) is 12.6. The molecule has 11 heteroatoms. The topological polar surface area (TPSA) is 178 Å². The van der Waals surface area contributed by atoms with Gasteiger partial charge in [-0.3, -0.25) is 19.8 Å². The van der Waals surface area contributed by atoms with E-state index in [-0.39, 0.29) is 29.5 Å². The van der Waals surface area contributed by atoms with Crippen molar-refractivity contribution in [1.82, 2.24) is 26.2 Å². The predicted molar refractivity (Wildman–Crippen MR) is 201 cm³/mol. The average molecular weight is 689 g/mol. The van der Waals surface area contributed by atoms with Crippen LogP contribution in [0.15, 0.2) is 72.9 Å². The Labute approximate surface area is 298 Å². The molecule has 1 heterocycles. The third-order valence-corrected chi connectivity index (χ3v) is 9.62. The Balaban J connectivity index is 1.78. The minimum absolute atomic E-state index is 0.119. The molecule has 3 amide bonds. The summed E-state index contributed by atoms with van der Waals surface area (Å²) in [5.41, 5.74) is 14.3. The van der Waals surface area contributed by atoms with Gasteiger partial charge in [0.1, 0.15) is 12.1 Å². The van der Waals surface area contributed by atoms with E-state index in [4.69, 9.17) is 16.9 Å². The first-order valence-corrected chi connectivity index (χ1v) is 18.0. The fraction of sp³-hybridized carbons (Fsp3) is 0.538. The molecule has 0 radical (unpaired) electrons. The van der Waals surface area contributed by atoms with Crippen molar-refractivity contribution in [3.63, 3.8) is 0 Å². The summed E-state index contributed by atoms with van der Waals surface area (Å²) < 4.78 is 0. The highest BCUT2D eigenvalue weighted by atomic mass is 16.2. The SMILES string of the molecule is C=C(N[C@H](CC(C)C)C(=O)N[C@H](CCCNC)C(=O)N1CCCC(C)(C(=N)N)CC1)[C@@H](Cc1ccccc1)NC(=O)[C@H](N)Cc1ccccc1. The minimum atomic E-state index is -0.769. The zero-order valence-corrected chi connectivity index (χ0v) is 30.5. The van der Waals surface area contributed by atoms with Crippen LogP contribution in [0.1, 0.15) is 70.4 Å². The standard InChI is InChI=1S/C39H60N8O3/c1-27(2)24-34(36(49)45-32(18-12-21-43-5)37(50)47-22-13-19-39(4,20-23-47)38(41)42)44-28(3)33(26-30-16-10-7-11-17-30)46-35(48)31(40)25-29-14-8-6-9-15-29/h6-11,14-17,27,31-34,43-44H,3,12-13,18-26,40H2,1-2,4-5H3,(H3,41,42)(H,45,49)(H,46,48)/t31-,32-,33-,34-,39?/m1/s1. The summed E-state index contributed by atoms with van der Waals surface area (Å²) in [5.74, 6) is -0.423. The zero-order valence-electron chi connectivity index (χ0n) is 30.5. The lowest BCUT2D eigenvalue weighted by Crippen LogP contribution is -2.55. The van der Waals surface area contributed by atoms with E-state index in [9.17, 15) is 14.4 Å². The normalized spacial score (nSPS) is 18.6. The molecule has 0 bridgehead atoms. The molecule has 0 saturated carbocycles. The first kappa shape index (κ1) is 40.2. The summed E-state index contributed by atoms with van der Waals surface area (Å²) in [5, 5.41) is 20.7. The maximum Gasteiger partial charge on any atom is 0.245 e. The van der Waals surface area contributed by atoms with Crippen LogP contribution >= 0.6 is 0 Å². The summed E-state index contributed by atoms with van der Waals surface area (Å²) >= 11 is 0. The molecule has 0 aromatic heterocycles. The van der Waals surface area contributed by atoms with Crippen LogP contribution in [0.5, 0.6) is 0 Å². The van der Waals surface area contributed by atoms with Gasteiger partial charge >= 0.3 is 0 Å². The van der Waals surface area contributed by atoms with Crippen LogP contribution in [-0.2, 0) is 27.2 Å². The molecule has 2 aromatic rings. The molecule has 1 unspecified atom stereocenters. The summed E-state index contributed by atoms with van der Waals surface area (Å²) in [6.07, 6.45) is 4.59. The largest absolute Gasteiger partial charge is 0.387 e. The van der Waals surface area contributed by atoms with E-state index in [1.807, 2.05) is 93.4 Å². The third-order valence-electron chi connectivity index (χ3n) is 9.62. The highest BCUT2D eigenvalue weighted by Gasteiger charge is 2.35. The van der Waals surface area contributed by atoms with Crippen molar-refractivity contribution in [2.24, 2.45) is 22.8 Å². The summed E-state index contributed by atoms with van der Waals surface area (Å²) in [6, 6.07) is 16.7. The number of likely N-dealkylation sites (tertiary alicyclic amines) is 1. The first-order valence-electron chi connectivity index (χ1n) is 18.0. The quantitative estimate of drug-likeness (QED) is 0.0673. The van der Waals surface area contributed by atoms with Crippen molar-refractivity contribution in [3.05, 3.63) is 84.1 Å². The van der Waals surface area contributed by atoms with Crippen LogP contribution in [-0.4, -0.2) is 79.3 Å². The fourth-order valence-electron chi connectivity index (χ4n) is 6.38. The number of hydrogen-bond donors (Lipinski definition) is 7. The average Bonchev–Trinajstić information content (AvgIpc) is 3.30. The van der Waals surface area contributed by atoms with Gasteiger partial charge in [0, 0.05) is 24.2 Å². The van der Waals surface area contributed by atoms with Crippen molar-refractivity contribution >= 4 is 23.6 Å². The molecule has 1 aliphatic rings. The molecule has 0 spiro atoms. The molecule has 274 valence electrons. The predicted octanol–water partition coefficient (Wildman–Crippen LogP) is 3.24. The Hall–Kier alpha value is -4.22. The van der Waals surface area contributed by atoms with Crippen LogP contribution in [0.25, 0.3) is 0 Å². The number of nitrogens with one attached hydrogen (secondary N) is 5. The molecule has 5 atom stereocenters. The molecule has 50 heavy (non-hydrogen) atoms. The molecule has 3 rings (SSSR count). The lowest BCUT2D eigenvalue weighted by atomic mass is 9.82. The van der Waals surface area contributed by atoms with Crippen molar-refractivity contribution in [2.75, 3.05) is 26.7 Å². The van der Waals surface area contributed by atoms with Crippen LogP contribution in [0.2, 0.25) is 0 Å². The molecular formula is C39H60N8O3. The van der Waals surface area contributed by atoms with Crippen LogP contribution < -0.4 is 32.7 Å². The van der Waals surface area contributed by atoms with Crippen molar-refractivity contribution in [3.8, 4) is 0 Å². The molecule has 1 aliphatic heterocycles. The highest BCUT2D eigenvalue weighted by molar-refractivity contribution is 5.90. The van der Waals surface area contributed by atoms with E-state index in [0.717, 1.165) is 24.0 Å². The summed E-state index contributed by atoms with van der Waals surface area (Å²) in [4.78, 5) is 43.2. The van der Waals surface area contributed by atoms with Gasteiger partial charge in [-0.25, -0.2) is 0 Å². The number of benzene rings is 2. The maximum absolute atomic E-state index is 14.1. The first-order chi connectivity index (χ1) is 23.8. The van der Waals surface area contributed by atoms with Crippen LogP contribution in [0.3, 0.4) is 0 Å². The van der Waals surface area contributed by atoms with Gasteiger partial charge in [0.2, 0.25) is 17.7 Å². The maximum atomic E-state index is 14.1. The second-order valence-corrected chi connectivity index (χ2v) is 14.4. The Morgan fingerprint density at radius 3 is 2.06 bits per heavy atom. The van der Waals surface area contributed by atoms with Gasteiger partial charge in [0.25, 0.3) is 0 Å². The van der Waals surface area contributed by atoms with E-state index >= 15 is 0 Å².